The first kappa shape index (κ1) is 14.9. The minimum atomic E-state index is -3.01. The summed E-state index contributed by atoms with van der Waals surface area (Å²) in [6.45, 7) is -2.90. The number of rotatable bonds is 6. The van der Waals surface area contributed by atoms with Crippen molar-refractivity contribution < 1.29 is 22.1 Å². The van der Waals surface area contributed by atoms with Crippen LogP contribution in [-0.2, 0) is 11.0 Å². The molecule has 0 saturated carbocycles. The average molecular weight is 282 g/mol. The summed E-state index contributed by atoms with van der Waals surface area (Å²) in [5.41, 5.74) is 5.80. The third-order valence-electron chi connectivity index (χ3n) is 2.10. The first-order valence-electron chi connectivity index (χ1n) is 4.97. The molecule has 0 radical (unpaired) electrons. The summed E-state index contributed by atoms with van der Waals surface area (Å²) in [4.78, 5) is 0. The van der Waals surface area contributed by atoms with E-state index in [1.54, 1.807) is 0 Å². The molecule has 3 N–H and O–H groups in total. The third-order valence-corrected chi connectivity index (χ3v) is 2.68. The van der Waals surface area contributed by atoms with Gasteiger partial charge in [0.1, 0.15) is 11.6 Å². The second kappa shape index (κ2) is 6.72. The van der Waals surface area contributed by atoms with E-state index in [9.17, 15) is 17.4 Å². The molecule has 0 bridgehead atoms. The van der Waals surface area contributed by atoms with Crippen molar-refractivity contribution in [3.8, 4) is 5.75 Å². The number of hydrogen-bond acceptors (Lipinski definition) is 3. The molecule has 0 heterocycles. The monoisotopic (exact) mass is 282 g/mol. The van der Waals surface area contributed by atoms with Crippen molar-refractivity contribution >= 4 is 11.0 Å². The molecule has 2 atom stereocenters. The van der Waals surface area contributed by atoms with Crippen molar-refractivity contribution in [1.29, 1.82) is 0 Å². The Morgan fingerprint density at radius 2 is 2.17 bits per heavy atom. The normalized spacial score (nSPS) is 14.6. The second-order valence-corrected chi connectivity index (χ2v) is 4.67. The fourth-order valence-corrected chi connectivity index (χ4v) is 1.72. The van der Waals surface area contributed by atoms with Gasteiger partial charge in [-0.25, -0.2) is 13.3 Å². The topological polar surface area (TPSA) is 64.4 Å². The molecular formula is C10H13F3N2O2S. The Kier molecular flexibility index (Phi) is 5.57. The molecule has 8 heteroatoms. The number of alkyl halides is 2. The first-order valence-corrected chi connectivity index (χ1v) is 6.52. The summed E-state index contributed by atoms with van der Waals surface area (Å²) in [5, 5.41) is 0. The maximum atomic E-state index is 13.6. The Balaban J connectivity index is 2.75. The Labute approximate surface area is 105 Å². The third kappa shape index (κ3) is 4.63. The molecular weight excluding hydrogens is 269 g/mol. The van der Waals surface area contributed by atoms with E-state index < -0.39 is 29.5 Å². The number of nitrogens with two attached hydrogens (primary N) is 1. The van der Waals surface area contributed by atoms with Crippen LogP contribution in [0.25, 0.3) is 0 Å². The van der Waals surface area contributed by atoms with E-state index in [0.717, 1.165) is 6.07 Å². The summed E-state index contributed by atoms with van der Waals surface area (Å²) in [5.74, 6) is -1.02. The van der Waals surface area contributed by atoms with Crippen LogP contribution < -0.4 is 15.2 Å². The van der Waals surface area contributed by atoms with Gasteiger partial charge in [-0.05, 0) is 6.07 Å². The average Bonchev–Trinajstić information content (AvgIpc) is 2.25. The van der Waals surface area contributed by atoms with Crippen LogP contribution >= 0.6 is 0 Å². The van der Waals surface area contributed by atoms with Crippen LogP contribution in [-0.4, -0.2) is 23.6 Å². The van der Waals surface area contributed by atoms with Gasteiger partial charge in [0, 0.05) is 30.5 Å². The molecule has 1 rings (SSSR count). The largest absolute Gasteiger partial charge is 0.435 e. The highest BCUT2D eigenvalue weighted by atomic mass is 32.2. The number of nitrogens with one attached hydrogen (secondary N) is 1. The Morgan fingerprint density at radius 1 is 1.50 bits per heavy atom. The summed E-state index contributed by atoms with van der Waals surface area (Å²) in [6, 6.07) is 2.57. The highest BCUT2D eigenvalue weighted by Gasteiger charge is 2.14. The Hall–Kier alpha value is -1.12. The van der Waals surface area contributed by atoms with Gasteiger partial charge < -0.3 is 10.5 Å². The second-order valence-electron chi connectivity index (χ2n) is 3.47. The zero-order valence-corrected chi connectivity index (χ0v) is 10.3. The van der Waals surface area contributed by atoms with Crippen LogP contribution in [0.15, 0.2) is 18.2 Å². The maximum Gasteiger partial charge on any atom is 0.387 e. The molecule has 1 aromatic rings. The molecule has 1 aromatic carbocycles. The van der Waals surface area contributed by atoms with Crippen LogP contribution in [0.1, 0.15) is 11.6 Å². The van der Waals surface area contributed by atoms with Crippen LogP contribution in [0, 0.1) is 5.82 Å². The molecule has 0 spiro atoms. The van der Waals surface area contributed by atoms with Gasteiger partial charge in [-0.3, -0.25) is 0 Å². The van der Waals surface area contributed by atoms with Crippen molar-refractivity contribution in [3.63, 3.8) is 0 Å². The first-order chi connectivity index (χ1) is 8.40. The van der Waals surface area contributed by atoms with Gasteiger partial charge in [0.25, 0.3) is 0 Å². The number of benzene rings is 1. The van der Waals surface area contributed by atoms with Crippen molar-refractivity contribution in [1.82, 2.24) is 4.72 Å². The van der Waals surface area contributed by atoms with Gasteiger partial charge in [-0.15, -0.1) is 0 Å². The zero-order valence-electron chi connectivity index (χ0n) is 9.53. The molecule has 0 saturated heterocycles. The lowest BCUT2D eigenvalue weighted by atomic mass is 10.1. The summed E-state index contributed by atoms with van der Waals surface area (Å²) in [7, 11) is -1.26. The zero-order chi connectivity index (χ0) is 13.7. The van der Waals surface area contributed by atoms with Crippen LogP contribution in [0.5, 0.6) is 5.75 Å². The minimum absolute atomic E-state index is 0.106. The molecule has 2 unspecified atom stereocenters. The smallest absolute Gasteiger partial charge is 0.387 e. The standard InChI is InChI=1S/C10H13F3N2O2S/c1-18(16)15-5-9(14)7-3-2-6(4-8(7)11)17-10(12)13/h2-4,9-10,15H,5,14H2,1H3. The predicted molar refractivity (Wildman–Crippen MR) is 62.0 cm³/mol. The minimum Gasteiger partial charge on any atom is -0.435 e. The van der Waals surface area contributed by atoms with Crippen molar-refractivity contribution in [3.05, 3.63) is 29.6 Å². The molecule has 0 aliphatic heterocycles. The van der Waals surface area contributed by atoms with E-state index in [1.807, 2.05) is 0 Å². The van der Waals surface area contributed by atoms with Crippen LogP contribution in [0.2, 0.25) is 0 Å². The van der Waals surface area contributed by atoms with E-state index in [4.69, 9.17) is 5.73 Å². The lowest BCUT2D eigenvalue weighted by Crippen LogP contribution is -2.28. The van der Waals surface area contributed by atoms with E-state index >= 15 is 0 Å². The van der Waals surface area contributed by atoms with E-state index in [2.05, 4.69) is 9.46 Å². The van der Waals surface area contributed by atoms with Gasteiger partial charge in [0.15, 0.2) is 0 Å². The number of ether oxygens (including phenoxy) is 1. The van der Waals surface area contributed by atoms with Gasteiger partial charge in [0.2, 0.25) is 0 Å². The van der Waals surface area contributed by atoms with Crippen LogP contribution in [0.3, 0.4) is 0 Å². The highest BCUT2D eigenvalue weighted by molar-refractivity contribution is 7.82. The number of hydrogen-bond donors (Lipinski definition) is 2. The molecule has 0 aliphatic rings. The summed E-state index contributed by atoms with van der Waals surface area (Å²) < 4.78 is 54.8. The van der Waals surface area contributed by atoms with E-state index in [1.165, 1.54) is 18.4 Å². The molecule has 0 aromatic heterocycles. The highest BCUT2D eigenvalue weighted by Crippen LogP contribution is 2.21. The summed E-state index contributed by atoms with van der Waals surface area (Å²) in [6.07, 6.45) is 1.42. The van der Waals surface area contributed by atoms with Gasteiger partial charge in [-0.2, -0.15) is 8.78 Å². The van der Waals surface area contributed by atoms with Gasteiger partial charge in [0.05, 0.1) is 11.0 Å². The molecule has 4 nitrogen and oxygen atoms in total. The quantitative estimate of drug-likeness (QED) is 0.827. The Bertz CT molecular complexity index is 432. The van der Waals surface area contributed by atoms with Crippen molar-refractivity contribution in [2.75, 3.05) is 12.8 Å². The number of halogens is 3. The molecule has 0 amide bonds. The van der Waals surface area contributed by atoms with Gasteiger partial charge >= 0.3 is 6.61 Å². The van der Waals surface area contributed by atoms with Crippen molar-refractivity contribution in [2.45, 2.75) is 12.7 Å². The maximum absolute atomic E-state index is 13.6. The predicted octanol–water partition coefficient (Wildman–Crippen LogP) is 1.31. The van der Waals surface area contributed by atoms with E-state index in [0.29, 0.717) is 0 Å². The Morgan fingerprint density at radius 3 is 2.67 bits per heavy atom. The fourth-order valence-electron chi connectivity index (χ4n) is 1.30. The lowest BCUT2D eigenvalue weighted by molar-refractivity contribution is -0.0500. The lowest BCUT2D eigenvalue weighted by Gasteiger charge is -2.14. The summed E-state index contributed by atoms with van der Waals surface area (Å²) >= 11 is 0. The van der Waals surface area contributed by atoms with Crippen molar-refractivity contribution in [2.24, 2.45) is 5.73 Å². The molecule has 18 heavy (non-hydrogen) atoms. The molecule has 0 aliphatic carbocycles. The van der Waals surface area contributed by atoms with Crippen LogP contribution in [0.4, 0.5) is 13.2 Å². The molecule has 102 valence electrons. The SMILES string of the molecule is CS(=O)NCC(N)c1ccc(OC(F)F)cc1F. The fraction of sp³-hybridized carbons (Fsp3) is 0.400. The van der Waals surface area contributed by atoms with E-state index in [-0.39, 0.29) is 17.9 Å². The van der Waals surface area contributed by atoms with Gasteiger partial charge in [-0.1, -0.05) is 6.07 Å². The molecule has 0 fully saturated rings.